The molecular weight excluding hydrogens is 306 g/mol. The van der Waals surface area contributed by atoms with Gasteiger partial charge in [-0.25, -0.2) is 0 Å². The second-order valence-corrected chi connectivity index (χ2v) is 6.72. The predicted octanol–water partition coefficient (Wildman–Crippen LogP) is -0.929. The van der Waals surface area contributed by atoms with Crippen molar-refractivity contribution >= 4 is 5.96 Å². The minimum Gasteiger partial charge on any atom is -1.00 e. The van der Waals surface area contributed by atoms with Crippen LogP contribution in [0.3, 0.4) is 0 Å². The molecule has 0 amide bonds. The summed E-state index contributed by atoms with van der Waals surface area (Å²) in [4.78, 5) is 3.28. The molecule has 0 saturated carbocycles. The Morgan fingerprint density at radius 3 is 2.43 bits per heavy atom. The Labute approximate surface area is 148 Å². The molecule has 1 aromatic carbocycles. The second kappa shape index (κ2) is 13.2. The van der Waals surface area contributed by atoms with Gasteiger partial charge in [-0.05, 0) is 23.8 Å². The van der Waals surface area contributed by atoms with Gasteiger partial charge in [-0.15, -0.1) is 0 Å². The molecule has 3 nitrogen and oxygen atoms in total. The van der Waals surface area contributed by atoms with Crippen LogP contribution in [0.1, 0.15) is 52.0 Å². The lowest BCUT2D eigenvalue weighted by molar-refractivity contribution is -0.462. The van der Waals surface area contributed by atoms with E-state index in [0.717, 1.165) is 31.3 Å². The van der Waals surface area contributed by atoms with Gasteiger partial charge in [0.25, 0.3) is 0 Å². The number of halogens is 1. The molecule has 1 rings (SSSR count). The zero-order valence-corrected chi connectivity index (χ0v) is 15.7. The van der Waals surface area contributed by atoms with Gasteiger partial charge in [-0.3, -0.25) is 16.0 Å². The van der Waals surface area contributed by atoms with Gasteiger partial charge in [0.1, 0.15) is 0 Å². The zero-order valence-electron chi connectivity index (χ0n) is 14.9. The number of rotatable bonds is 10. The second-order valence-electron chi connectivity index (χ2n) is 6.72. The summed E-state index contributed by atoms with van der Waals surface area (Å²) in [7, 11) is 0. The first-order chi connectivity index (χ1) is 10.6. The third kappa shape index (κ3) is 11.9. The molecule has 0 aromatic heterocycles. The van der Waals surface area contributed by atoms with Crippen molar-refractivity contribution in [2.75, 3.05) is 13.1 Å². The summed E-state index contributed by atoms with van der Waals surface area (Å²) in [5.74, 6) is 2.29. The van der Waals surface area contributed by atoms with E-state index in [9.17, 15) is 0 Å². The lowest BCUT2D eigenvalue weighted by Gasteiger charge is -2.10. The van der Waals surface area contributed by atoms with E-state index in [0.29, 0.717) is 5.96 Å². The van der Waals surface area contributed by atoms with Crippen LogP contribution in [0.2, 0.25) is 0 Å². The SMILES string of the molecule is CC(C)CCCC(C)CC[NH+]=C(N)NCCc1ccccc1.[Cl-]. The molecule has 1 atom stereocenters. The number of benzene rings is 1. The number of nitrogens with two attached hydrogens (primary N) is 1. The van der Waals surface area contributed by atoms with Crippen molar-refractivity contribution in [2.24, 2.45) is 17.6 Å². The van der Waals surface area contributed by atoms with E-state index in [-0.39, 0.29) is 12.4 Å². The van der Waals surface area contributed by atoms with Crippen LogP contribution in [0.15, 0.2) is 30.3 Å². The van der Waals surface area contributed by atoms with E-state index in [1.807, 2.05) is 6.07 Å². The van der Waals surface area contributed by atoms with Crippen LogP contribution in [0.4, 0.5) is 0 Å². The standard InChI is InChI=1S/C19H33N3.ClH/c1-16(2)8-7-9-17(3)12-14-21-19(20)22-15-13-18-10-5-4-6-11-18;/h4-6,10-11,16-17H,7-9,12-15H2,1-3H3,(H3,20,21,22);1H. The molecule has 23 heavy (non-hydrogen) atoms. The number of nitrogens with one attached hydrogen (secondary N) is 2. The van der Waals surface area contributed by atoms with Gasteiger partial charge in [0, 0.05) is 6.42 Å². The molecule has 0 fully saturated rings. The minimum absolute atomic E-state index is 0. The molecule has 4 heteroatoms. The van der Waals surface area contributed by atoms with E-state index < -0.39 is 0 Å². The average molecular weight is 340 g/mol. The Kier molecular flexibility index (Phi) is 12.5. The van der Waals surface area contributed by atoms with Crippen molar-refractivity contribution in [2.45, 2.75) is 52.9 Å². The Morgan fingerprint density at radius 2 is 1.78 bits per heavy atom. The molecule has 4 N–H and O–H groups in total. The van der Waals surface area contributed by atoms with Crippen molar-refractivity contribution in [3.8, 4) is 0 Å². The van der Waals surface area contributed by atoms with Crippen LogP contribution in [0, 0.1) is 11.8 Å². The summed E-state index contributed by atoms with van der Waals surface area (Å²) in [6, 6.07) is 10.5. The van der Waals surface area contributed by atoms with Crippen LogP contribution in [-0.2, 0) is 6.42 Å². The third-order valence-corrected chi connectivity index (χ3v) is 4.00. The molecule has 1 unspecified atom stereocenters. The summed E-state index contributed by atoms with van der Waals surface area (Å²) in [5.41, 5.74) is 7.29. The first-order valence-electron chi connectivity index (χ1n) is 8.72. The summed E-state index contributed by atoms with van der Waals surface area (Å²) in [6.07, 6.45) is 6.18. The highest BCUT2D eigenvalue weighted by Crippen LogP contribution is 2.13. The van der Waals surface area contributed by atoms with Gasteiger partial charge in [0.05, 0.1) is 13.1 Å². The maximum Gasteiger partial charge on any atom is 0.341 e. The highest BCUT2D eigenvalue weighted by atomic mass is 35.5. The quantitative estimate of drug-likeness (QED) is 0.381. The average Bonchev–Trinajstić information content (AvgIpc) is 2.48. The maximum atomic E-state index is 5.96. The summed E-state index contributed by atoms with van der Waals surface area (Å²) >= 11 is 0. The highest BCUT2D eigenvalue weighted by Gasteiger charge is 2.04. The van der Waals surface area contributed by atoms with Gasteiger partial charge in [0.2, 0.25) is 0 Å². The van der Waals surface area contributed by atoms with Crippen LogP contribution in [0.5, 0.6) is 0 Å². The molecule has 0 aliphatic carbocycles. The van der Waals surface area contributed by atoms with Gasteiger partial charge >= 0.3 is 5.96 Å². The van der Waals surface area contributed by atoms with E-state index in [2.05, 4.69) is 55.3 Å². The largest absolute Gasteiger partial charge is 1.00 e. The van der Waals surface area contributed by atoms with Crippen molar-refractivity contribution in [1.29, 1.82) is 0 Å². The fraction of sp³-hybridized carbons (Fsp3) is 0.632. The third-order valence-electron chi connectivity index (χ3n) is 4.00. The molecule has 132 valence electrons. The topological polar surface area (TPSA) is 52.0 Å². The van der Waals surface area contributed by atoms with Crippen LogP contribution >= 0.6 is 0 Å². The van der Waals surface area contributed by atoms with Gasteiger partial charge in [0.15, 0.2) is 0 Å². The molecule has 0 aliphatic heterocycles. The van der Waals surface area contributed by atoms with Crippen molar-refractivity contribution in [1.82, 2.24) is 5.32 Å². The number of hydrogen-bond acceptors (Lipinski definition) is 0. The first kappa shape index (κ1) is 21.8. The number of hydrogen-bond donors (Lipinski definition) is 3. The van der Waals surface area contributed by atoms with Gasteiger partial charge in [-0.2, -0.15) is 0 Å². The first-order valence-corrected chi connectivity index (χ1v) is 8.72. The predicted molar refractivity (Wildman–Crippen MR) is 95.6 cm³/mol. The molecule has 0 spiro atoms. The van der Waals surface area contributed by atoms with E-state index in [1.54, 1.807) is 0 Å². The van der Waals surface area contributed by atoms with Crippen molar-refractivity contribution in [3.63, 3.8) is 0 Å². The summed E-state index contributed by atoms with van der Waals surface area (Å²) in [5, 5.41) is 3.25. The zero-order chi connectivity index (χ0) is 16.2. The normalized spacial score (nSPS) is 12.8. The maximum absolute atomic E-state index is 5.96. The summed E-state index contributed by atoms with van der Waals surface area (Å²) in [6.45, 7) is 8.74. The van der Waals surface area contributed by atoms with Crippen LogP contribution in [0.25, 0.3) is 0 Å². The lowest BCUT2D eigenvalue weighted by Crippen LogP contribution is -3.00. The molecule has 0 aliphatic rings. The smallest absolute Gasteiger partial charge is 0.341 e. The molecule has 0 bridgehead atoms. The van der Waals surface area contributed by atoms with E-state index in [1.165, 1.54) is 31.2 Å². The van der Waals surface area contributed by atoms with Crippen LogP contribution in [-0.4, -0.2) is 19.0 Å². The number of guanidine groups is 1. The minimum atomic E-state index is 0. The Morgan fingerprint density at radius 1 is 1.09 bits per heavy atom. The fourth-order valence-electron chi connectivity index (χ4n) is 2.52. The van der Waals surface area contributed by atoms with E-state index in [4.69, 9.17) is 5.73 Å². The highest BCUT2D eigenvalue weighted by molar-refractivity contribution is 5.71. The fourth-order valence-corrected chi connectivity index (χ4v) is 2.52. The van der Waals surface area contributed by atoms with Crippen LogP contribution < -0.4 is 28.4 Å². The van der Waals surface area contributed by atoms with Gasteiger partial charge in [-0.1, -0.05) is 70.4 Å². The van der Waals surface area contributed by atoms with Gasteiger partial charge < -0.3 is 12.4 Å². The Hall–Kier alpha value is -1.22. The molecule has 0 radical (unpaired) electrons. The lowest BCUT2D eigenvalue weighted by atomic mass is 9.97. The van der Waals surface area contributed by atoms with E-state index >= 15 is 0 Å². The molecule has 1 aromatic rings. The van der Waals surface area contributed by atoms with Crippen molar-refractivity contribution in [3.05, 3.63) is 35.9 Å². The molecule has 0 saturated heterocycles. The monoisotopic (exact) mass is 339 g/mol. The Balaban J connectivity index is 0.00000484. The molecular formula is C19H34ClN3. The van der Waals surface area contributed by atoms with Crippen molar-refractivity contribution < 1.29 is 17.4 Å². The summed E-state index contributed by atoms with van der Waals surface area (Å²) < 4.78 is 0. The molecule has 0 heterocycles. The Bertz CT molecular complexity index is 418.